The van der Waals surface area contributed by atoms with Gasteiger partial charge in [-0.15, -0.1) is 0 Å². The predicted molar refractivity (Wildman–Crippen MR) is 108 cm³/mol. The summed E-state index contributed by atoms with van der Waals surface area (Å²) in [5.74, 6) is 1.27. The first-order valence-electron chi connectivity index (χ1n) is 9.95. The number of nitrogens with zero attached hydrogens (tertiary/aromatic N) is 4. The van der Waals surface area contributed by atoms with Gasteiger partial charge in [0.1, 0.15) is 11.9 Å². The van der Waals surface area contributed by atoms with Gasteiger partial charge in [0, 0.05) is 13.1 Å². The first-order valence-corrected chi connectivity index (χ1v) is 9.95. The molecule has 0 spiro atoms. The number of benzene rings is 1. The highest BCUT2D eigenvalue weighted by Gasteiger charge is 2.33. The third-order valence-corrected chi connectivity index (χ3v) is 6.66. The zero-order chi connectivity index (χ0) is 18.6. The minimum atomic E-state index is 0.238. The molecule has 0 radical (unpaired) electrons. The monoisotopic (exact) mass is 359 g/mol. The number of nitrogens with two attached hydrogens (primary N) is 1. The maximum absolute atomic E-state index is 9.90. The standard InChI is InChI=1S/C22H25N5/c1-22(14-24)9-11-26(12-10-22)21-16-6-4-5-15(16)17(13-23)20-25-18-7-2-3-8-19(18)27(20)21/h2-3,7-8H,4-6,9-12,14,24H2,1H3. The number of piperidine rings is 1. The molecule has 5 rings (SSSR count). The Morgan fingerprint density at radius 3 is 2.67 bits per heavy atom. The smallest absolute Gasteiger partial charge is 0.157 e. The number of imidazole rings is 1. The summed E-state index contributed by atoms with van der Waals surface area (Å²) in [5.41, 5.74) is 12.5. The third-order valence-electron chi connectivity index (χ3n) is 6.66. The van der Waals surface area contributed by atoms with Crippen LogP contribution in [0, 0.1) is 16.7 Å². The van der Waals surface area contributed by atoms with Crippen LogP contribution in [0.5, 0.6) is 0 Å². The van der Waals surface area contributed by atoms with E-state index in [1.165, 1.54) is 16.9 Å². The number of hydrogen-bond donors (Lipinski definition) is 1. The van der Waals surface area contributed by atoms with Crippen LogP contribution in [0.15, 0.2) is 24.3 Å². The predicted octanol–water partition coefficient (Wildman–Crippen LogP) is 3.41. The second kappa shape index (κ2) is 5.97. The highest BCUT2D eigenvalue weighted by Crippen LogP contribution is 2.40. The van der Waals surface area contributed by atoms with Gasteiger partial charge in [-0.3, -0.25) is 4.40 Å². The van der Waals surface area contributed by atoms with Gasteiger partial charge < -0.3 is 10.6 Å². The lowest BCUT2D eigenvalue weighted by Gasteiger charge is -2.40. The van der Waals surface area contributed by atoms with Crippen molar-refractivity contribution in [2.75, 3.05) is 24.5 Å². The molecule has 1 aromatic carbocycles. The maximum atomic E-state index is 9.90. The van der Waals surface area contributed by atoms with Crippen LogP contribution in [0.1, 0.15) is 42.9 Å². The molecule has 0 saturated carbocycles. The Morgan fingerprint density at radius 2 is 1.93 bits per heavy atom. The van der Waals surface area contributed by atoms with E-state index in [0.29, 0.717) is 0 Å². The van der Waals surface area contributed by atoms with E-state index in [1.807, 2.05) is 12.1 Å². The first kappa shape index (κ1) is 16.6. The molecule has 0 bridgehead atoms. The lowest BCUT2D eigenvalue weighted by Crippen LogP contribution is -2.43. The Labute approximate surface area is 159 Å². The fourth-order valence-electron chi connectivity index (χ4n) is 4.86. The second-order valence-corrected chi connectivity index (χ2v) is 8.38. The van der Waals surface area contributed by atoms with Crippen molar-refractivity contribution in [1.82, 2.24) is 9.38 Å². The molecule has 1 aliphatic heterocycles. The summed E-state index contributed by atoms with van der Waals surface area (Å²) in [5, 5.41) is 9.90. The molecule has 27 heavy (non-hydrogen) atoms. The average molecular weight is 359 g/mol. The average Bonchev–Trinajstić information content (AvgIpc) is 3.32. The Morgan fingerprint density at radius 1 is 1.19 bits per heavy atom. The molecule has 0 unspecified atom stereocenters. The largest absolute Gasteiger partial charge is 0.357 e. The quantitative estimate of drug-likeness (QED) is 0.761. The van der Waals surface area contributed by atoms with E-state index in [0.717, 1.165) is 74.0 Å². The van der Waals surface area contributed by atoms with E-state index in [2.05, 4.69) is 34.4 Å². The van der Waals surface area contributed by atoms with Crippen molar-refractivity contribution < 1.29 is 0 Å². The molecule has 0 atom stereocenters. The molecule has 5 nitrogen and oxygen atoms in total. The van der Waals surface area contributed by atoms with Crippen molar-refractivity contribution in [2.24, 2.45) is 11.1 Å². The van der Waals surface area contributed by atoms with E-state index < -0.39 is 0 Å². The molecule has 3 aromatic rings. The van der Waals surface area contributed by atoms with Gasteiger partial charge >= 0.3 is 0 Å². The molecule has 5 heteroatoms. The lowest BCUT2D eigenvalue weighted by atomic mass is 9.80. The van der Waals surface area contributed by atoms with Crippen LogP contribution in [0.3, 0.4) is 0 Å². The van der Waals surface area contributed by atoms with E-state index in [4.69, 9.17) is 10.7 Å². The van der Waals surface area contributed by atoms with Crippen LogP contribution in [0.25, 0.3) is 16.7 Å². The highest BCUT2D eigenvalue weighted by atomic mass is 15.2. The van der Waals surface area contributed by atoms with Crippen LogP contribution in [-0.4, -0.2) is 29.0 Å². The van der Waals surface area contributed by atoms with Crippen molar-refractivity contribution in [2.45, 2.75) is 39.0 Å². The zero-order valence-corrected chi connectivity index (χ0v) is 15.8. The Kier molecular flexibility index (Phi) is 3.66. The summed E-state index contributed by atoms with van der Waals surface area (Å²) in [7, 11) is 0. The van der Waals surface area contributed by atoms with E-state index in [-0.39, 0.29) is 5.41 Å². The zero-order valence-electron chi connectivity index (χ0n) is 15.8. The highest BCUT2D eigenvalue weighted by molar-refractivity contribution is 5.86. The van der Waals surface area contributed by atoms with Gasteiger partial charge in [0.2, 0.25) is 0 Å². The molecule has 1 fully saturated rings. The van der Waals surface area contributed by atoms with Crippen molar-refractivity contribution in [1.29, 1.82) is 5.26 Å². The molecule has 1 saturated heterocycles. The second-order valence-electron chi connectivity index (χ2n) is 8.38. The molecule has 0 amide bonds. The summed E-state index contributed by atoms with van der Waals surface area (Å²) in [6.07, 6.45) is 5.36. The van der Waals surface area contributed by atoms with Gasteiger partial charge in [0.15, 0.2) is 5.65 Å². The first-order chi connectivity index (χ1) is 13.1. The van der Waals surface area contributed by atoms with E-state index in [9.17, 15) is 5.26 Å². The minimum absolute atomic E-state index is 0.238. The van der Waals surface area contributed by atoms with Gasteiger partial charge in [0.05, 0.1) is 16.6 Å². The number of nitriles is 1. The molecule has 2 aromatic heterocycles. The van der Waals surface area contributed by atoms with Gasteiger partial charge in [-0.1, -0.05) is 19.1 Å². The van der Waals surface area contributed by atoms with Crippen LogP contribution < -0.4 is 10.6 Å². The summed E-state index contributed by atoms with van der Waals surface area (Å²) in [6, 6.07) is 10.7. The fraction of sp³-hybridized carbons (Fsp3) is 0.455. The summed E-state index contributed by atoms with van der Waals surface area (Å²) in [6.45, 7) is 5.06. The molecule has 1 aliphatic carbocycles. The minimum Gasteiger partial charge on any atom is -0.357 e. The van der Waals surface area contributed by atoms with Gasteiger partial charge in [0.25, 0.3) is 0 Å². The Balaban J connectivity index is 1.78. The van der Waals surface area contributed by atoms with Crippen LogP contribution >= 0.6 is 0 Å². The molecular weight excluding hydrogens is 334 g/mol. The number of aromatic nitrogens is 2. The summed E-state index contributed by atoms with van der Waals surface area (Å²) < 4.78 is 2.25. The number of fused-ring (bicyclic) bond motifs is 4. The van der Waals surface area contributed by atoms with E-state index >= 15 is 0 Å². The molecule has 2 N–H and O–H groups in total. The van der Waals surface area contributed by atoms with Gasteiger partial charge in [-0.2, -0.15) is 5.26 Å². The maximum Gasteiger partial charge on any atom is 0.157 e. The Hall–Kier alpha value is -2.58. The molecular formula is C22H25N5. The van der Waals surface area contributed by atoms with E-state index in [1.54, 1.807) is 0 Å². The number of rotatable bonds is 2. The number of hydrogen-bond acceptors (Lipinski definition) is 4. The Bertz CT molecular complexity index is 1080. The van der Waals surface area contributed by atoms with Crippen LogP contribution in [0.2, 0.25) is 0 Å². The van der Waals surface area contributed by atoms with Crippen LogP contribution in [-0.2, 0) is 12.8 Å². The fourth-order valence-corrected chi connectivity index (χ4v) is 4.86. The molecule has 2 aliphatic rings. The lowest BCUT2D eigenvalue weighted by molar-refractivity contribution is 0.257. The van der Waals surface area contributed by atoms with Gasteiger partial charge in [-0.25, -0.2) is 4.98 Å². The van der Waals surface area contributed by atoms with Crippen molar-refractivity contribution in [3.05, 3.63) is 41.0 Å². The number of anilines is 1. The number of para-hydroxylation sites is 2. The third kappa shape index (κ3) is 2.36. The number of pyridine rings is 1. The van der Waals surface area contributed by atoms with Gasteiger partial charge in [-0.05, 0) is 67.3 Å². The summed E-state index contributed by atoms with van der Waals surface area (Å²) in [4.78, 5) is 7.38. The van der Waals surface area contributed by atoms with Crippen molar-refractivity contribution >= 4 is 22.5 Å². The van der Waals surface area contributed by atoms with Crippen LogP contribution in [0.4, 0.5) is 5.82 Å². The van der Waals surface area contributed by atoms with Crippen molar-refractivity contribution in [3.63, 3.8) is 0 Å². The van der Waals surface area contributed by atoms with Crippen molar-refractivity contribution in [3.8, 4) is 6.07 Å². The SMILES string of the molecule is CC1(CN)CCN(c2c3c(c(C#N)c4nc5ccccc5n24)CCC3)CC1. The normalized spacial score (nSPS) is 18.8. The molecule has 3 heterocycles. The summed E-state index contributed by atoms with van der Waals surface area (Å²) >= 11 is 0. The topological polar surface area (TPSA) is 70.3 Å². The molecule has 138 valence electrons.